The smallest absolute Gasteiger partial charge is 0.293 e. The number of piperidine rings is 1. The average molecular weight is 386 g/mol. The number of pyridine rings is 1. The fourth-order valence-electron chi connectivity index (χ4n) is 2.89. The van der Waals surface area contributed by atoms with Crippen LogP contribution >= 0.6 is 0 Å². The second-order valence-corrected chi connectivity index (χ2v) is 7.87. The Morgan fingerprint density at radius 1 is 1.18 bits per heavy atom. The van der Waals surface area contributed by atoms with Gasteiger partial charge in [-0.3, -0.25) is 9.78 Å². The van der Waals surface area contributed by atoms with Crippen LogP contribution in [-0.4, -0.2) is 53.7 Å². The zero-order valence-electron chi connectivity index (χ0n) is 17.3. The summed E-state index contributed by atoms with van der Waals surface area (Å²) in [5.41, 5.74) is 0.684. The van der Waals surface area contributed by atoms with E-state index < -0.39 is 0 Å². The molecule has 0 amide bonds. The number of carbonyl (C=O) groups is 1. The predicted octanol–water partition coefficient (Wildman–Crippen LogP) is 2.93. The minimum absolute atomic E-state index is 0.318. The minimum atomic E-state index is -0.318. The Morgan fingerprint density at radius 2 is 1.86 bits per heavy atom. The number of hydrogen-bond donors (Lipinski definition) is 1. The van der Waals surface area contributed by atoms with Gasteiger partial charge in [0.25, 0.3) is 6.47 Å². The maximum absolute atomic E-state index is 9.60. The average Bonchev–Trinajstić information content (AvgIpc) is 2.69. The number of rotatable bonds is 5. The molecule has 0 aromatic carbocycles. The van der Waals surface area contributed by atoms with Crippen molar-refractivity contribution in [1.29, 1.82) is 0 Å². The molecule has 152 valence electrons. The van der Waals surface area contributed by atoms with Gasteiger partial charge in [-0.25, -0.2) is 9.97 Å². The zero-order chi connectivity index (χ0) is 20.4. The lowest BCUT2D eigenvalue weighted by Crippen LogP contribution is -2.34. The van der Waals surface area contributed by atoms with Gasteiger partial charge in [0.15, 0.2) is 5.82 Å². The van der Waals surface area contributed by atoms with Gasteiger partial charge in [-0.15, -0.1) is 0 Å². The lowest BCUT2D eigenvalue weighted by molar-refractivity contribution is -0.138. The van der Waals surface area contributed by atoms with E-state index in [4.69, 9.17) is 0 Å². The van der Waals surface area contributed by atoms with Crippen LogP contribution in [0.4, 0.5) is 5.82 Å². The predicted molar refractivity (Wildman–Crippen MR) is 111 cm³/mol. The summed E-state index contributed by atoms with van der Waals surface area (Å²) < 4.78 is 4.55. The molecule has 1 saturated heterocycles. The maximum Gasteiger partial charge on any atom is 0.293 e. The van der Waals surface area contributed by atoms with Crippen molar-refractivity contribution >= 4 is 12.3 Å². The van der Waals surface area contributed by atoms with E-state index in [0.29, 0.717) is 6.47 Å². The largest absolute Gasteiger partial charge is 0.462 e. The summed E-state index contributed by atoms with van der Waals surface area (Å²) in [6, 6.07) is 5.85. The molecule has 1 aliphatic rings. The molecule has 7 heteroatoms. The van der Waals surface area contributed by atoms with Gasteiger partial charge >= 0.3 is 0 Å². The van der Waals surface area contributed by atoms with Crippen LogP contribution < -0.4 is 10.2 Å². The third-order valence-electron chi connectivity index (χ3n) is 4.36. The SMILES string of the molecule is CC(C)(C)OC=O.CN(CC1CCNCC1)c1ccnc(-c2ccncc2)n1. The molecule has 0 aliphatic carbocycles. The number of nitrogens with zero attached hydrogens (tertiary/aromatic N) is 4. The molecule has 1 aliphatic heterocycles. The van der Waals surface area contributed by atoms with E-state index in [1.165, 1.54) is 12.8 Å². The van der Waals surface area contributed by atoms with Crippen LogP contribution in [0.5, 0.6) is 0 Å². The molecule has 0 radical (unpaired) electrons. The highest BCUT2D eigenvalue weighted by Gasteiger charge is 2.16. The monoisotopic (exact) mass is 385 g/mol. The fourth-order valence-corrected chi connectivity index (χ4v) is 2.89. The van der Waals surface area contributed by atoms with Crippen molar-refractivity contribution in [2.24, 2.45) is 5.92 Å². The Bertz CT molecular complexity index is 712. The van der Waals surface area contributed by atoms with Gasteiger partial charge in [0.05, 0.1) is 0 Å². The Kier molecular flexibility index (Phi) is 8.32. The van der Waals surface area contributed by atoms with E-state index in [9.17, 15) is 4.79 Å². The molecule has 28 heavy (non-hydrogen) atoms. The number of ether oxygens (including phenoxy) is 1. The first-order valence-corrected chi connectivity index (χ1v) is 9.66. The Labute approximate surface area is 167 Å². The molecular weight excluding hydrogens is 354 g/mol. The van der Waals surface area contributed by atoms with E-state index in [0.717, 1.165) is 42.8 Å². The fraction of sp³-hybridized carbons (Fsp3) is 0.524. The first kappa shape index (κ1) is 21.8. The van der Waals surface area contributed by atoms with Crippen molar-refractivity contribution in [3.8, 4) is 11.4 Å². The highest BCUT2D eigenvalue weighted by molar-refractivity contribution is 5.56. The molecular formula is C21H31N5O2. The van der Waals surface area contributed by atoms with Crippen molar-refractivity contribution < 1.29 is 9.53 Å². The quantitative estimate of drug-likeness (QED) is 0.793. The van der Waals surface area contributed by atoms with Gasteiger partial charge in [0.1, 0.15) is 11.4 Å². The lowest BCUT2D eigenvalue weighted by Gasteiger charge is -2.28. The van der Waals surface area contributed by atoms with Gasteiger partial charge in [-0.1, -0.05) is 0 Å². The van der Waals surface area contributed by atoms with E-state index >= 15 is 0 Å². The number of hydrogen-bond acceptors (Lipinski definition) is 7. The molecule has 0 atom stereocenters. The van der Waals surface area contributed by atoms with Crippen molar-refractivity contribution in [3.63, 3.8) is 0 Å². The summed E-state index contributed by atoms with van der Waals surface area (Å²) in [4.78, 5) is 24.9. The molecule has 3 heterocycles. The minimum Gasteiger partial charge on any atom is -0.462 e. The van der Waals surface area contributed by atoms with Crippen LogP contribution in [-0.2, 0) is 9.53 Å². The van der Waals surface area contributed by atoms with Crippen molar-refractivity contribution in [1.82, 2.24) is 20.3 Å². The van der Waals surface area contributed by atoms with E-state index in [1.807, 2.05) is 45.2 Å². The first-order valence-electron chi connectivity index (χ1n) is 9.66. The summed E-state index contributed by atoms with van der Waals surface area (Å²) in [6.07, 6.45) is 7.85. The van der Waals surface area contributed by atoms with Gasteiger partial charge in [0, 0.05) is 37.7 Å². The normalized spacial score (nSPS) is 14.6. The highest BCUT2D eigenvalue weighted by atomic mass is 16.5. The van der Waals surface area contributed by atoms with Crippen LogP contribution in [0, 0.1) is 5.92 Å². The molecule has 0 spiro atoms. The summed E-state index contributed by atoms with van der Waals surface area (Å²) in [7, 11) is 2.11. The summed E-state index contributed by atoms with van der Waals surface area (Å²) in [5, 5.41) is 3.41. The van der Waals surface area contributed by atoms with Crippen LogP contribution in [0.2, 0.25) is 0 Å². The topological polar surface area (TPSA) is 80.2 Å². The third-order valence-corrected chi connectivity index (χ3v) is 4.36. The Hall–Kier alpha value is -2.54. The maximum atomic E-state index is 9.60. The van der Waals surface area contributed by atoms with E-state index in [-0.39, 0.29) is 5.60 Å². The van der Waals surface area contributed by atoms with Gasteiger partial charge in [0.2, 0.25) is 0 Å². The molecule has 1 N–H and O–H groups in total. The van der Waals surface area contributed by atoms with Crippen molar-refractivity contribution in [2.45, 2.75) is 39.2 Å². The molecule has 0 saturated carbocycles. The van der Waals surface area contributed by atoms with Crippen LogP contribution in [0.15, 0.2) is 36.8 Å². The zero-order valence-corrected chi connectivity index (χ0v) is 17.3. The standard InChI is InChI=1S/C16H21N5.C5H10O2/c1-21(12-13-2-7-17-8-3-13)15-6-11-19-16(20-15)14-4-9-18-10-5-14;1-5(2,3)7-4-6/h4-6,9-11,13,17H,2-3,7-8,12H2,1H3;4H,1-3H3. The summed E-state index contributed by atoms with van der Waals surface area (Å²) in [6.45, 7) is 9.23. The lowest BCUT2D eigenvalue weighted by atomic mass is 9.98. The number of aromatic nitrogens is 3. The van der Waals surface area contributed by atoms with Crippen molar-refractivity contribution in [2.75, 3.05) is 31.6 Å². The summed E-state index contributed by atoms with van der Waals surface area (Å²) in [5.74, 6) is 2.48. The second kappa shape index (κ2) is 10.7. The number of carbonyl (C=O) groups excluding carboxylic acids is 1. The van der Waals surface area contributed by atoms with Gasteiger partial charge in [-0.2, -0.15) is 0 Å². The van der Waals surface area contributed by atoms with Crippen LogP contribution in [0.25, 0.3) is 11.4 Å². The first-order chi connectivity index (χ1) is 13.4. The van der Waals surface area contributed by atoms with Crippen molar-refractivity contribution in [3.05, 3.63) is 36.8 Å². The molecule has 1 fully saturated rings. The molecule has 2 aromatic heterocycles. The molecule has 0 bridgehead atoms. The van der Waals surface area contributed by atoms with Gasteiger partial charge in [-0.05, 0) is 70.8 Å². The van der Waals surface area contributed by atoms with Crippen LogP contribution in [0.1, 0.15) is 33.6 Å². The highest BCUT2D eigenvalue weighted by Crippen LogP contribution is 2.19. The van der Waals surface area contributed by atoms with Crippen LogP contribution in [0.3, 0.4) is 0 Å². The summed E-state index contributed by atoms with van der Waals surface area (Å²) >= 11 is 0. The second-order valence-electron chi connectivity index (χ2n) is 7.87. The molecule has 0 unspecified atom stereocenters. The number of anilines is 1. The third kappa shape index (κ3) is 7.60. The number of nitrogens with one attached hydrogen (secondary N) is 1. The van der Waals surface area contributed by atoms with Gasteiger partial charge < -0.3 is 15.0 Å². The Balaban J connectivity index is 0.000000345. The Morgan fingerprint density at radius 3 is 2.43 bits per heavy atom. The molecule has 7 nitrogen and oxygen atoms in total. The molecule has 2 aromatic rings. The van der Waals surface area contributed by atoms with E-state index in [1.54, 1.807) is 12.4 Å². The van der Waals surface area contributed by atoms with E-state index in [2.05, 4.69) is 37.0 Å². The molecule has 3 rings (SSSR count).